The van der Waals surface area contributed by atoms with Crippen molar-refractivity contribution < 1.29 is 4.74 Å². The molecule has 0 bridgehead atoms. The van der Waals surface area contributed by atoms with Crippen LogP contribution >= 0.6 is 22.9 Å². The van der Waals surface area contributed by atoms with Crippen molar-refractivity contribution in [1.29, 1.82) is 0 Å². The molecule has 0 spiro atoms. The Morgan fingerprint density at radius 3 is 2.65 bits per heavy atom. The molecule has 26 heavy (non-hydrogen) atoms. The minimum absolute atomic E-state index is 0.225. The van der Waals surface area contributed by atoms with E-state index in [-0.39, 0.29) is 10.6 Å². The molecule has 1 fully saturated rings. The molecule has 0 atom stereocenters. The van der Waals surface area contributed by atoms with E-state index in [9.17, 15) is 4.79 Å². The maximum atomic E-state index is 12.0. The number of fused-ring (bicyclic) bond motifs is 1. The van der Waals surface area contributed by atoms with E-state index < -0.39 is 0 Å². The van der Waals surface area contributed by atoms with E-state index in [2.05, 4.69) is 14.9 Å². The summed E-state index contributed by atoms with van der Waals surface area (Å²) in [7, 11) is 3.25. The molecule has 7 nitrogen and oxygen atoms in total. The Balaban J connectivity index is 1.52. The van der Waals surface area contributed by atoms with Crippen molar-refractivity contribution in [2.45, 2.75) is 0 Å². The second kappa shape index (κ2) is 6.77. The largest absolute Gasteiger partial charge is 0.497 e. The van der Waals surface area contributed by atoms with Gasteiger partial charge in [0.05, 0.1) is 29.2 Å². The third-order valence-corrected chi connectivity index (χ3v) is 5.99. The number of halogens is 1. The van der Waals surface area contributed by atoms with Gasteiger partial charge in [0.1, 0.15) is 10.8 Å². The van der Waals surface area contributed by atoms with Crippen molar-refractivity contribution in [1.82, 2.24) is 14.8 Å². The standard InChI is InChI=1S/C17H18ClN5O2S/c1-21-16(24)15(18)13(10-19-21)22-5-7-23(8-6-22)17-20-12-9-11(25-2)3-4-14(12)26-17/h3-4,9-10H,5-8H2,1-2H3. The summed E-state index contributed by atoms with van der Waals surface area (Å²) in [6.07, 6.45) is 1.66. The summed E-state index contributed by atoms with van der Waals surface area (Å²) in [5.74, 6) is 0.812. The van der Waals surface area contributed by atoms with Crippen LogP contribution in [0.5, 0.6) is 5.75 Å². The highest BCUT2D eigenvalue weighted by atomic mass is 35.5. The first-order chi connectivity index (χ1) is 12.6. The zero-order valence-electron chi connectivity index (χ0n) is 14.5. The molecule has 1 saturated heterocycles. The van der Waals surface area contributed by atoms with Gasteiger partial charge < -0.3 is 14.5 Å². The lowest BCUT2D eigenvalue weighted by Crippen LogP contribution is -2.47. The Labute approximate surface area is 159 Å². The number of hydrogen-bond donors (Lipinski definition) is 0. The first kappa shape index (κ1) is 17.1. The summed E-state index contributed by atoms with van der Waals surface area (Å²) in [6.45, 7) is 3.13. The SMILES string of the molecule is COc1ccc2sc(N3CCN(c4cnn(C)c(=O)c4Cl)CC3)nc2c1. The third-order valence-electron chi connectivity index (χ3n) is 4.53. The number of hydrogen-bond acceptors (Lipinski definition) is 7. The normalized spacial score (nSPS) is 14.9. The number of thiazole rings is 1. The summed E-state index contributed by atoms with van der Waals surface area (Å²) >= 11 is 7.89. The van der Waals surface area contributed by atoms with Gasteiger partial charge in [-0.1, -0.05) is 22.9 Å². The summed E-state index contributed by atoms with van der Waals surface area (Å²) in [5, 5.41) is 5.31. The molecule has 0 unspecified atom stereocenters. The van der Waals surface area contributed by atoms with Gasteiger partial charge in [-0.2, -0.15) is 5.10 Å². The van der Waals surface area contributed by atoms with Crippen molar-refractivity contribution in [2.24, 2.45) is 7.05 Å². The fraction of sp³-hybridized carbons (Fsp3) is 0.353. The highest BCUT2D eigenvalue weighted by molar-refractivity contribution is 7.22. The first-order valence-corrected chi connectivity index (χ1v) is 9.42. The number of anilines is 2. The van der Waals surface area contributed by atoms with E-state index in [0.717, 1.165) is 47.3 Å². The highest BCUT2D eigenvalue weighted by Crippen LogP contribution is 2.32. The van der Waals surface area contributed by atoms with E-state index in [1.807, 2.05) is 18.2 Å². The monoisotopic (exact) mass is 391 g/mol. The summed E-state index contributed by atoms with van der Waals surface area (Å²) in [5.41, 5.74) is 1.38. The molecule has 0 amide bonds. The fourth-order valence-electron chi connectivity index (χ4n) is 3.02. The van der Waals surface area contributed by atoms with Gasteiger partial charge in [0.15, 0.2) is 5.13 Å². The summed E-state index contributed by atoms with van der Waals surface area (Å²) < 4.78 is 7.66. The first-order valence-electron chi connectivity index (χ1n) is 8.23. The number of benzene rings is 1. The molecule has 3 aromatic rings. The van der Waals surface area contributed by atoms with Crippen molar-refractivity contribution in [3.05, 3.63) is 39.8 Å². The number of aromatic nitrogens is 3. The van der Waals surface area contributed by atoms with E-state index >= 15 is 0 Å². The van der Waals surface area contributed by atoms with Gasteiger partial charge in [-0.15, -0.1) is 0 Å². The molecular weight excluding hydrogens is 374 g/mol. The highest BCUT2D eigenvalue weighted by Gasteiger charge is 2.23. The lowest BCUT2D eigenvalue weighted by molar-refractivity contribution is 0.415. The molecule has 1 aliphatic rings. The molecule has 1 aromatic carbocycles. The van der Waals surface area contributed by atoms with Crippen LogP contribution in [0.1, 0.15) is 0 Å². The molecule has 2 aromatic heterocycles. The Morgan fingerprint density at radius 1 is 1.19 bits per heavy atom. The Morgan fingerprint density at radius 2 is 1.92 bits per heavy atom. The number of aryl methyl sites for hydroxylation is 1. The topological polar surface area (TPSA) is 63.5 Å². The van der Waals surface area contributed by atoms with E-state index in [0.29, 0.717) is 5.69 Å². The molecule has 9 heteroatoms. The van der Waals surface area contributed by atoms with Gasteiger partial charge >= 0.3 is 0 Å². The number of nitrogens with zero attached hydrogens (tertiary/aromatic N) is 5. The van der Waals surface area contributed by atoms with Gasteiger partial charge in [0.2, 0.25) is 0 Å². The van der Waals surface area contributed by atoms with E-state index in [1.54, 1.807) is 31.7 Å². The summed E-state index contributed by atoms with van der Waals surface area (Å²) in [6, 6.07) is 5.95. The minimum Gasteiger partial charge on any atom is -0.497 e. The van der Waals surface area contributed by atoms with Crippen LogP contribution in [0.3, 0.4) is 0 Å². The lowest BCUT2D eigenvalue weighted by atomic mass is 10.3. The van der Waals surface area contributed by atoms with Crippen LogP contribution in [0.25, 0.3) is 10.2 Å². The van der Waals surface area contributed by atoms with Crippen LogP contribution < -0.4 is 20.1 Å². The van der Waals surface area contributed by atoms with Crippen LogP contribution in [0.15, 0.2) is 29.2 Å². The quantitative estimate of drug-likeness (QED) is 0.683. The number of rotatable bonds is 3. The van der Waals surface area contributed by atoms with Gasteiger partial charge in [0.25, 0.3) is 5.56 Å². The molecule has 136 valence electrons. The maximum absolute atomic E-state index is 12.0. The molecule has 0 saturated carbocycles. The predicted molar refractivity (Wildman–Crippen MR) is 105 cm³/mol. The number of piperazine rings is 1. The van der Waals surface area contributed by atoms with Crippen molar-refractivity contribution in [3.63, 3.8) is 0 Å². The average molecular weight is 392 g/mol. The van der Waals surface area contributed by atoms with Gasteiger partial charge in [-0.05, 0) is 12.1 Å². The van der Waals surface area contributed by atoms with E-state index in [4.69, 9.17) is 21.3 Å². The van der Waals surface area contributed by atoms with Gasteiger partial charge in [-0.25, -0.2) is 9.67 Å². The Kier molecular flexibility index (Phi) is 4.46. The van der Waals surface area contributed by atoms with Crippen LogP contribution in [-0.4, -0.2) is 48.1 Å². The second-order valence-electron chi connectivity index (χ2n) is 6.08. The van der Waals surface area contributed by atoms with E-state index in [1.165, 1.54) is 4.68 Å². The summed E-state index contributed by atoms with van der Waals surface area (Å²) in [4.78, 5) is 21.1. The van der Waals surface area contributed by atoms with Crippen LogP contribution in [0.4, 0.5) is 10.8 Å². The predicted octanol–water partition coefficient (Wildman–Crippen LogP) is 2.38. The van der Waals surface area contributed by atoms with Gasteiger partial charge in [0, 0.05) is 39.3 Å². The van der Waals surface area contributed by atoms with Crippen molar-refractivity contribution in [2.75, 3.05) is 43.1 Å². The molecule has 0 N–H and O–H groups in total. The zero-order valence-corrected chi connectivity index (χ0v) is 16.0. The molecule has 0 aliphatic carbocycles. The van der Waals surface area contributed by atoms with Crippen LogP contribution in [0, 0.1) is 0 Å². The maximum Gasteiger partial charge on any atom is 0.287 e. The molecule has 3 heterocycles. The zero-order chi connectivity index (χ0) is 18.3. The number of ether oxygens (including phenoxy) is 1. The Bertz CT molecular complexity index is 1010. The number of methoxy groups -OCH3 is 1. The fourth-order valence-corrected chi connectivity index (χ4v) is 4.31. The molecular formula is C17H18ClN5O2S. The lowest BCUT2D eigenvalue weighted by Gasteiger charge is -2.36. The second-order valence-corrected chi connectivity index (χ2v) is 7.46. The van der Waals surface area contributed by atoms with Crippen molar-refractivity contribution >= 4 is 44.0 Å². The molecule has 1 aliphatic heterocycles. The molecule has 4 rings (SSSR count). The van der Waals surface area contributed by atoms with Crippen LogP contribution in [0.2, 0.25) is 5.02 Å². The Hall–Kier alpha value is -2.32. The van der Waals surface area contributed by atoms with Crippen molar-refractivity contribution in [3.8, 4) is 5.75 Å². The molecule has 0 radical (unpaired) electrons. The van der Waals surface area contributed by atoms with Gasteiger partial charge in [-0.3, -0.25) is 4.79 Å². The van der Waals surface area contributed by atoms with Crippen LogP contribution in [-0.2, 0) is 7.05 Å². The minimum atomic E-state index is -0.272. The average Bonchev–Trinajstić information content (AvgIpc) is 3.09. The third kappa shape index (κ3) is 2.99. The smallest absolute Gasteiger partial charge is 0.287 e.